The molecule has 0 spiro atoms. The van der Waals surface area contributed by atoms with Crippen LogP contribution in [0.5, 0.6) is 5.75 Å². The van der Waals surface area contributed by atoms with Crippen LogP contribution in [0.3, 0.4) is 0 Å². The van der Waals surface area contributed by atoms with E-state index in [4.69, 9.17) is 4.74 Å². The predicted octanol–water partition coefficient (Wildman–Crippen LogP) is 3.39. The molecule has 0 radical (unpaired) electrons. The lowest BCUT2D eigenvalue weighted by atomic mass is 9.89. The van der Waals surface area contributed by atoms with Crippen LogP contribution in [0, 0.1) is 0 Å². The molecule has 0 fully saturated rings. The van der Waals surface area contributed by atoms with Crippen LogP contribution in [0.15, 0.2) is 22.6 Å². The van der Waals surface area contributed by atoms with Crippen molar-refractivity contribution in [1.29, 1.82) is 0 Å². The molecular weight excluding hydrogens is 350 g/mol. The monoisotopic (exact) mass is 371 g/mol. The van der Waals surface area contributed by atoms with E-state index < -0.39 is 0 Å². The minimum absolute atomic E-state index is 0.319. The highest BCUT2D eigenvalue weighted by Gasteiger charge is 2.27. The SMILES string of the molecule is COC(=O)c1sccc1N/N=C\c1cc2c3c(c1O)CCCN3CCC2. The maximum atomic E-state index is 11.7. The van der Waals surface area contributed by atoms with Crippen molar-refractivity contribution < 1.29 is 14.6 Å². The summed E-state index contributed by atoms with van der Waals surface area (Å²) in [5.41, 5.74) is 7.76. The fourth-order valence-electron chi connectivity index (χ4n) is 3.79. The highest BCUT2D eigenvalue weighted by atomic mass is 32.1. The van der Waals surface area contributed by atoms with E-state index in [1.54, 1.807) is 17.7 Å². The zero-order valence-corrected chi connectivity index (χ0v) is 15.4. The number of hydrogen-bond donors (Lipinski definition) is 2. The Morgan fingerprint density at radius 3 is 3.00 bits per heavy atom. The number of aryl methyl sites for hydroxylation is 1. The quantitative estimate of drug-likeness (QED) is 0.490. The van der Waals surface area contributed by atoms with Crippen LogP contribution in [0.1, 0.15) is 39.2 Å². The number of phenolic OH excluding ortho intramolecular Hbond substituents is 1. The molecular formula is C19H21N3O3S. The molecule has 0 aliphatic carbocycles. The Hall–Kier alpha value is -2.54. The fourth-order valence-corrected chi connectivity index (χ4v) is 4.55. The molecule has 136 valence electrons. The number of aromatic hydroxyl groups is 1. The lowest BCUT2D eigenvalue weighted by Gasteiger charge is -2.37. The van der Waals surface area contributed by atoms with Gasteiger partial charge >= 0.3 is 5.97 Å². The van der Waals surface area contributed by atoms with Gasteiger partial charge in [-0.1, -0.05) is 0 Å². The van der Waals surface area contributed by atoms with Crippen molar-refractivity contribution in [3.63, 3.8) is 0 Å². The van der Waals surface area contributed by atoms with E-state index in [-0.39, 0.29) is 5.97 Å². The van der Waals surface area contributed by atoms with Crippen LogP contribution in [0.2, 0.25) is 0 Å². The molecule has 0 amide bonds. The van der Waals surface area contributed by atoms with Gasteiger partial charge in [0, 0.05) is 29.9 Å². The van der Waals surface area contributed by atoms with E-state index in [1.165, 1.54) is 29.7 Å². The molecule has 0 unspecified atom stereocenters. The average molecular weight is 371 g/mol. The van der Waals surface area contributed by atoms with Crippen LogP contribution >= 0.6 is 11.3 Å². The first-order valence-corrected chi connectivity index (χ1v) is 9.64. The Balaban J connectivity index is 1.60. The summed E-state index contributed by atoms with van der Waals surface area (Å²) in [7, 11) is 1.36. The summed E-state index contributed by atoms with van der Waals surface area (Å²) < 4.78 is 4.76. The smallest absolute Gasteiger partial charge is 0.350 e. The van der Waals surface area contributed by atoms with Gasteiger partial charge in [-0.3, -0.25) is 5.43 Å². The molecule has 2 aliphatic rings. The first-order chi connectivity index (χ1) is 12.7. The van der Waals surface area contributed by atoms with Gasteiger partial charge in [-0.25, -0.2) is 4.79 Å². The number of nitrogens with one attached hydrogen (secondary N) is 1. The van der Waals surface area contributed by atoms with E-state index in [2.05, 4.69) is 15.4 Å². The molecule has 2 N–H and O–H groups in total. The zero-order chi connectivity index (χ0) is 18.1. The number of rotatable bonds is 4. The summed E-state index contributed by atoms with van der Waals surface area (Å²) >= 11 is 1.30. The number of esters is 1. The number of methoxy groups -OCH3 is 1. The Morgan fingerprint density at radius 1 is 1.38 bits per heavy atom. The third kappa shape index (κ3) is 2.92. The van der Waals surface area contributed by atoms with E-state index in [0.717, 1.165) is 44.3 Å². The van der Waals surface area contributed by atoms with Crippen molar-refractivity contribution >= 4 is 34.9 Å². The number of thiophene rings is 1. The van der Waals surface area contributed by atoms with Gasteiger partial charge in [0.1, 0.15) is 10.6 Å². The van der Waals surface area contributed by atoms with Gasteiger partial charge in [-0.15, -0.1) is 11.3 Å². The first kappa shape index (κ1) is 16.9. The van der Waals surface area contributed by atoms with Gasteiger partial charge in [0.2, 0.25) is 0 Å². The summed E-state index contributed by atoms with van der Waals surface area (Å²) in [5.74, 6) is -0.0711. The van der Waals surface area contributed by atoms with E-state index >= 15 is 0 Å². The highest BCUT2D eigenvalue weighted by Crippen LogP contribution is 2.41. The van der Waals surface area contributed by atoms with E-state index in [9.17, 15) is 9.90 Å². The molecule has 26 heavy (non-hydrogen) atoms. The topological polar surface area (TPSA) is 74.2 Å². The van der Waals surface area contributed by atoms with Gasteiger partial charge in [0.15, 0.2) is 0 Å². The van der Waals surface area contributed by atoms with Crippen molar-refractivity contribution in [3.05, 3.63) is 39.1 Å². The maximum absolute atomic E-state index is 11.7. The van der Waals surface area contributed by atoms with Crippen LogP contribution in [-0.4, -0.2) is 37.5 Å². The second-order valence-electron chi connectivity index (χ2n) is 6.52. The largest absolute Gasteiger partial charge is 0.507 e. The molecule has 0 atom stereocenters. The standard InChI is InChI=1S/C19H21N3O3S/c1-25-19(24)18-15(6-9-26-18)21-20-11-13-10-12-4-2-7-22-8-3-5-14(16(12)22)17(13)23/h6,9-11,21,23H,2-5,7-8H2,1H3/b20-11-. The van der Waals surface area contributed by atoms with Crippen LogP contribution in [0.25, 0.3) is 0 Å². The minimum Gasteiger partial charge on any atom is -0.507 e. The normalized spacial score (nSPS) is 15.8. The number of nitrogens with zero attached hydrogens (tertiary/aromatic N) is 2. The Morgan fingerprint density at radius 2 is 2.19 bits per heavy atom. The van der Waals surface area contributed by atoms with Crippen molar-refractivity contribution in [2.24, 2.45) is 5.10 Å². The number of hydrogen-bond acceptors (Lipinski definition) is 7. The van der Waals surface area contributed by atoms with E-state index in [0.29, 0.717) is 21.9 Å². The first-order valence-electron chi connectivity index (χ1n) is 8.76. The molecule has 3 heterocycles. The van der Waals surface area contributed by atoms with Crippen LogP contribution in [0.4, 0.5) is 11.4 Å². The number of benzene rings is 1. The van der Waals surface area contributed by atoms with Crippen molar-refractivity contribution in [1.82, 2.24) is 0 Å². The summed E-state index contributed by atoms with van der Waals surface area (Å²) in [6, 6.07) is 3.81. The van der Waals surface area contributed by atoms with Gasteiger partial charge in [-0.05, 0) is 48.8 Å². The molecule has 1 aromatic carbocycles. The van der Waals surface area contributed by atoms with Crippen molar-refractivity contribution in [3.8, 4) is 5.75 Å². The number of carbonyl (C=O) groups excluding carboxylic acids is 1. The van der Waals surface area contributed by atoms with Crippen molar-refractivity contribution in [2.45, 2.75) is 25.7 Å². The zero-order valence-electron chi connectivity index (χ0n) is 14.6. The fraction of sp³-hybridized carbons (Fsp3) is 0.368. The van der Waals surface area contributed by atoms with Gasteiger partial charge < -0.3 is 14.7 Å². The molecule has 0 bridgehead atoms. The Labute approximate surface area is 156 Å². The predicted molar refractivity (Wildman–Crippen MR) is 104 cm³/mol. The molecule has 6 nitrogen and oxygen atoms in total. The second kappa shape index (κ2) is 6.99. The Kier molecular flexibility index (Phi) is 4.55. The average Bonchev–Trinajstić information content (AvgIpc) is 3.13. The van der Waals surface area contributed by atoms with Crippen molar-refractivity contribution in [2.75, 3.05) is 30.5 Å². The number of carbonyl (C=O) groups is 1. The lowest BCUT2D eigenvalue weighted by Crippen LogP contribution is -2.34. The number of ether oxygens (including phenoxy) is 1. The van der Waals surface area contributed by atoms with Crippen LogP contribution < -0.4 is 10.3 Å². The number of hydrazone groups is 1. The summed E-state index contributed by atoms with van der Waals surface area (Å²) in [5, 5.41) is 16.8. The van der Waals surface area contributed by atoms with Gasteiger partial charge in [0.25, 0.3) is 0 Å². The molecule has 0 saturated heterocycles. The van der Waals surface area contributed by atoms with Crippen LogP contribution in [-0.2, 0) is 17.6 Å². The molecule has 0 saturated carbocycles. The molecule has 2 aliphatic heterocycles. The third-order valence-corrected chi connectivity index (χ3v) is 5.84. The minimum atomic E-state index is -0.390. The summed E-state index contributed by atoms with van der Waals surface area (Å²) in [4.78, 5) is 14.6. The van der Waals surface area contributed by atoms with Gasteiger partial charge in [-0.2, -0.15) is 5.10 Å². The number of anilines is 2. The lowest BCUT2D eigenvalue weighted by molar-refractivity contribution is 0.0607. The molecule has 4 rings (SSSR count). The summed E-state index contributed by atoms with van der Waals surface area (Å²) in [6.45, 7) is 2.14. The van der Waals surface area contributed by atoms with E-state index in [1.807, 2.05) is 6.07 Å². The Bertz CT molecular complexity index is 873. The highest BCUT2D eigenvalue weighted by molar-refractivity contribution is 7.12. The number of phenols is 1. The molecule has 7 heteroatoms. The molecule has 1 aromatic heterocycles. The maximum Gasteiger partial charge on any atom is 0.350 e. The van der Waals surface area contributed by atoms with Gasteiger partial charge in [0.05, 0.1) is 19.0 Å². The second-order valence-corrected chi connectivity index (χ2v) is 7.44. The molecule has 2 aromatic rings. The summed E-state index contributed by atoms with van der Waals surface area (Å²) in [6.07, 6.45) is 5.76. The third-order valence-electron chi connectivity index (χ3n) is 4.95.